The molecule has 1 N–H and O–H groups in total. The lowest BCUT2D eigenvalue weighted by Crippen LogP contribution is -2.26. The average molecular weight is 368 g/mol. The van der Waals surface area contributed by atoms with Crippen molar-refractivity contribution in [3.8, 4) is 0 Å². The Hall–Kier alpha value is -1.89. The first-order valence-electron chi connectivity index (χ1n) is 7.43. The normalized spacial score (nSPS) is 11.2. The Morgan fingerprint density at radius 1 is 1.08 bits per heavy atom. The first-order valence-corrected chi connectivity index (χ1v) is 9.30. The van der Waals surface area contributed by atoms with Gasteiger partial charge in [0.1, 0.15) is 0 Å². The molecule has 24 heavy (non-hydrogen) atoms. The molecule has 5 nitrogen and oxygen atoms in total. The van der Waals surface area contributed by atoms with Crippen molar-refractivity contribution >= 4 is 27.6 Å². The van der Waals surface area contributed by atoms with Crippen molar-refractivity contribution in [3.63, 3.8) is 0 Å². The van der Waals surface area contributed by atoms with Crippen molar-refractivity contribution in [1.29, 1.82) is 0 Å². The van der Waals surface area contributed by atoms with Crippen molar-refractivity contribution in [3.05, 3.63) is 64.7 Å². The maximum Gasteiger partial charge on any atom is 0.338 e. The van der Waals surface area contributed by atoms with Gasteiger partial charge in [0.05, 0.1) is 17.1 Å². The summed E-state index contributed by atoms with van der Waals surface area (Å²) in [6, 6.07) is 12.9. The molecule has 2 aromatic rings. The van der Waals surface area contributed by atoms with Gasteiger partial charge in [-0.1, -0.05) is 23.7 Å². The number of ether oxygens (including phenoxy) is 1. The Morgan fingerprint density at radius 2 is 1.71 bits per heavy atom. The van der Waals surface area contributed by atoms with E-state index in [4.69, 9.17) is 16.3 Å². The van der Waals surface area contributed by atoms with Crippen LogP contribution in [-0.2, 0) is 21.2 Å². The molecule has 2 rings (SSSR count). The second kappa shape index (κ2) is 8.28. The van der Waals surface area contributed by atoms with Gasteiger partial charge in [-0.15, -0.1) is 0 Å². The molecule has 7 heteroatoms. The SMILES string of the molecule is CCOC(=O)c1ccc(S(=O)(=O)NCCc2ccc(Cl)cc2)cc1. The number of sulfonamides is 1. The standard InChI is InChI=1S/C17H18ClNO4S/c1-2-23-17(20)14-5-9-16(10-6-14)24(21,22)19-12-11-13-3-7-15(18)8-4-13/h3-10,19H,2,11-12H2,1H3. The zero-order chi connectivity index (χ0) is 17.6. The molecule has 0 aromatic heterocycles. The summed E-state index contributed by atoms with van der Waals surface area (Å²) in [5.41, 5.74) is 1.30. The van der Waals surface area contributed by atoms with Crippen LogP contribution in [0.2, 0.25) is 5.02 Å². The van der Waals surface area contributed by atoms with Gasteiger partial charge in [-0.05, 0) is 55.3 Å². The van der Waals surface area contributed by atoms with Gasteiger partial charge >= 0.3 is 5.97 Å². The molecule has 0 aliphatic heterocycles. The minimum atomic E-state index is -3.62. The van der Waals surface area contributed by atoms with Gasteiger partial charge in [0.2, 0.25) is 10.0 Å². The lowest BCUT2D eigenvalue weighted by Gasteiger charge is -2.08. The van der Waals surface area contributed by atoms with Gasteiger partial charge in [0, 0.05) is 11.6 Å². The Kier molecular flexibility index (Phi) is 6.36. The fourth-order valence-corrected chi connectivity index (χ4v) is 3.21. The third-order valence-corrected chi connectivity index (χ3v) is 5.02. The number of hydrogen-bond acceptors (Lipinski definition) is 4. The minimum absolute atomic E-state index is 0.103. The molecule has 0 amide bonds. The number of benzene rings is 2. The molecule has 0 atom stereocenters. The summed E-state index contributed by atoms with van der Waals surface area (Å²) in [6.07, 6.45) is 0.553. The molecule has 0 unspecified atom stereocenters. The number of esters is 1. The monoisotopic (exact) mass is 367 g/mol. The Morgan fingerprint density at radius 3 is 2.29 bits per heavy atom. The molecule has 0 heterocycles. The highest BCUT2D eigenvalue weighted by Crippen LogP contribution is 2.12. The Balaban J connectivity index is 1.97. The lowest BCUT2D eigenvalue weighted by molar-refractivity contribution is 0.0526. The summed E-state index contributed by atoms with van der Waals surface area (Å²) in [5, 5.41) is 0.640. The van der Waals surface area contributed by atoms with Crippen LogP contribution in [0.4, 0.5) is 0 Å². The highest BCUT2D eigenvalue weighted by atomic mass is 35.5. The largest absolute Gasteiger partial charge is 0.462 e. The van der Waals surface area contributed by atoms with Crippen LogP contribution >= 0.6 is 11.6 Å². The van der Waals surface area contributed by atoms with Crippen molar-refractivity contribution in [1.82, 2.24) is 4.72 Å². The van der Waals surface area contributed by atoms with Gasteiger partial charge < -0.3 is 4.74 Å². The topological polar surface area (TPSA) is 72.5 Å². The maximum atomic E-state index is 12.2. The van der Waals surface area contributed by atoms with E-state index in [-0.39, 0.29) is 18.0 Å². The molecule has 0 saturated heterocycles. The Labute approximate surface area is 146 Å². The number of halogens is 1. The molecular weight excluding hydrogens is 350 g/mol. The molecule has 0 aliphatic carbocycles. The number of carbonyl (C=O) groups is 1. The van der Waals surface area contributed by atoms with Crippen LogP contribution in [0, 0.1) is 0 Å². The number of carbonyl (C=O) groups excluding carboxylic acids is 1. The van der Waals surface area contributed by atoms with E-state index in [0.29, 0.717) is 17.0 Å². The summed E-state index contributed by atoms with van der Waals surface area (Å²) in [5.74, 6) is -0.475. The van der Waals surface area contributed by atoms with E-state index in [1.165, 1.54) is 24.3 Å². The van der Waals surface area contributed by atoms with Crippen LogP contribution in [0.25, 0.3) is 0 Å². The van der Waals surface area contributed by atoms with E-state index in [1.807, 2.05) is 12.1 Å². The lowest BCUT2D eigenvalue weighted by atomic mass is 10.2. The van der Waals surface area contributed by atoms with Crippen LogP contribution in [0.5, 0.6) is 0 Å². The molecule has 2 aromatic carbocycles. The first-order chi connectivity index (χ1) is 11.4. The van der Waals surface area contributed by atoms with Gasteiger partial charge in [-0.2, -0.15) is 0 Å². The molecule has 0 spiro atoms. The zero-order valence-electron chi connectivity index (χ0n) is 13.2. The smallest absolute Gasteiger partial charge is 0.338 e. The summed E-state index contributed by atoms with van der Waals surface area (Å²) < 4.78 is 31.9. The molecule has 0 saturated carbocycles. The van der Waals surface area contributed by atoms with Gasteiger partial charge in [0.25, 0.3) is 0 Å². The fourth-order valence-electron chi connectivity index (χ4n) is 2.05. The van der Waals surface area contributed by atoms with Crippen LogP contribution < -0.4 is 4.72 Å². The third kappa shape index (κ3) is 5.06. The highest BCUT2D eigenvalue weighted by molar-refractivity contribution is 7.89. The molecule has 0 bridgehead atoms. The van der Waals surface area contributed by atoms with Crippen LogP contribution in [0.3, 0.4) is 0 Å². The Bertz CT molecular complexity index is 786. The van der Waals surface area contributed by atoms with E-state index < -0.39 is 16.0 Å². The van der Waals surface area contributed by atoms with E-state index in [2.05, 4.69) is 4.72 Å². The summed E-state index contributed by atoms with van der Waals surface area (Å²) in [6.45, 7) is 2.25. The average Bonchev–Trinajstić information content (AvgIpc) is 2.57. The number of nitrogens with one attached hydrogen (secondary N) is 1. The fraction of sp³-hybridized carbons (Fsp3) is 0.235. The molecule has 0 radical (unpaired) electrons. The van der Waals surface area contributed by atoms with Crippen LogP contribution in [-0.4, -0.2) is 27.5 Å². The summed E-state index contributed by atoms with van der Waals surface area (Å²) in [7, 11) is -3.62. The maximum absolute atomic E-state index is 12.2. The molecule has 128 valence electrons. The highest BCUT2D eigenvalue weighted by Gasteiger charge is 2.14. The van der Waals surface area contributed by atoms with Gasteiger partial charge in [0.15, 0.2) is 0 Å². The minimum Gasteiger partial charge on any atom is -0.462 e. The quantitative estimate of drug-likeness (QED) is 0.763. The van der Waals surface area contributed by atoms with Crippen molar-refractivity contribution < 1.29 is 17.9 Å². The van der Waals surface area contributed by atoms with Gasteiger partial charge in [-0.25, -0.2) is 17.9 Å². The van der Waals surface area contributed by atoms with Gasteiger partial charge in [-0.3, -0.25) is 0 Å². The predicted molar refractivity (Wildman–Crippen MR) is 92.7 cm³/mol. The van der Waals surface area contributed by atoms with Crippen LogP contribution in [0.1, 0.15) is 22.8 Å². The van der Waals surface area contributed by atoms with Crippen LogP contribution in [0.15, 0.2) is 53.4 Å². The number of rotatable bonds is 7. The van der Waals surface area contributed by atoms with Crippen molar-refractivity contribution in [2.75, 3.05) is 13.2 Å². The second-order valence-electron chi connectivity index (χ2n) is 5.02. The van der Waals surface area contributed by atoms with Crippen molar-refractivity contribution in [2.45, 2.75) is 18.2 Å². The summed E-state index contributed by atoms with van der Waals surface area (Å²) in [4.78, 5) is 11.7. The van der Waals surface area contributed by atoms with Crippen molar-refractivity contribution in [2.24, 2.45) is 0 Å². The molecule has 0 fully saturated rings. The second-order valence-corrected chi connectivity index (χ2v) is 7.22. The van der Waals surface area contributed by atoms with E-state index in [1.54, 1.807) is 19.1 Å². The molecular formula is C17H18ClNO4S. The first kappa shape index (κ1) is 18.4. The predicted octanol–water partition coefficient (Wildman–Crippen LogP) is 3.04. The molecule has 0 aliphatic rings. The van der Waals surface area contributed by atoms with E-state index >= 15 is 0 Å². The van der Waals surface area contributed by atoms with E-state index in [0.717, 1.165) is 5.56 Å². The third-order valence-electron chi connectivity index (χ3n) is 3.29. The van der Waals surface area contributed by atoms with E-state index in [9.17, 15) is 13.2 Å². The zero-order valence-corrected chi connectivity index (χ0v) is 14.7. The summed E-state index contributed by atoms with van der Waals surface area (Å²) >= 11 is 5.81. The number of hydrogen-bond donors (Lipinski definition) is 1.